The van der Waals surface area contributed by atoms with E-state index in [9.17, 15) is 9.90 Å². The Kier molecular flexibility index (Phi) is 3.55. The van der Waals surface area contributed by atoms with Crippen molar-refractivity contribution in [2.24, 2.45) is 10.8 Å². The van der Waals surface area contributed by atoms with Crippen molar-refractivity contribution >= 4 is 5.91 Å². The monoisotopic (exact) mass is 470 g/mol. The molecule has 9 rings (SSSR count). The van der Waals surface area contributed by atoms with Crippen molar-refractivity contribution in [2.75, 3.05) is 20.2 Å². The predicted octanol–water partition coefficient (Wildman–Crippen LogP) is 2.72. The molecule has 6 atom stereocenters. The van der Waals surface area contributed by atoms with Crippen LogP contribution in [0.2, 0.25) is 0 Å². The highest BCUT2D eigenvalue weighted by Gasteiger charge is 2.95. The fourth-order valence-electron chi connectivity index (χ4n) is 9.17. The maximum absolute atomic E-state index is 13.9. The van der Waals surface area contributed by atoms with Crippen molar-refractivity contribution in [1.82, 2.24) is 10.2 Å². The van der Waals surface area contributed by atoms with Crippen LogP contribution in [0.5, 0.6) is 11.5 Å². The molecule has 2 aliphatic heterocycles. The molecule has 5 aliphatic carbocycles. The molecular formula is C29H30N2O4. The summed E-state index contributed by atoms with van der Waals surface area (Å²) in [5.74, 6) is 1.45. The van der Waals surface area contributed by atoms with Gasteiger partial charge in [0, 0.05) is 23.6 Å². The highest BCUT2D eigenvalue weighted by atomic mass is 16.5. The minimum absolute atomic E-state index is 0.0692. The molecule has 3 unspecified atom stereocenters. The van der Waals surface area contributed by atoms with E-state index in [0.29, 0.717) is 19.0 Å². The van der Waals surface area contributed by atoms with Gasteiger partial charge in [0.15, 0.2) is 11.5 Å². The number of benzene rings is 2. The molecule has 35 heavy (non-hydrogen) atoms. The lowest BCUT2D eigenvalue weighted by atomic mass is 9.41. The Morgan fingerprint density at radius 3 is 2.86 bits per heavy atom. The lowest BCUT2D eigenvalue weighted by Gasteiger charge is -2.66. The quantitative estimate of drug-likeness (QED) is 0.658. The maximum Gasteiger partial charge on any atom is 0.234 e. The number of nitrogens with zero attached hydrogens (tertiary/aromatic N) is 1. The second-order valence-electron chi connectivity index (χ2n) is 11.3. The molecule has 1 amide bonds. The van der Waals surface area contributed by atoms with E-state index in [1.165, 1.54) is 11.1 Å². The maximum atomic E-state index is 13.9. The number of piperidine rings is 1. The largest absolute Gasteiger partial charge is 0.493 e. The van der Waals surface area contributed by atoms with Crippen LogP contribution in [0, 0.1) is 10.8 Å². The lowest BCUT2D eigenvalue weighted by molar-refractivity contribution is -0.173. The van der Waals surface area contributed by atoms with Gasteiger partial charge in [-0.2, -0.15) is 0 Å². The lowest BCUT2D eigenvalue weighted by Crippen LogP contribution is -2.75. The van der Waals surface area contributed by atoms with E-state index in [2.05, 4.69) is 29.3 Å². The van der Waals surface area contributed by atoms with Crippen LogP contribution in [0.15, 0.2) is 54.1 Å². The first-order valence-corrected chi connectivity index (χ1v) is 12.9. The molecule has 7 aliphatic rings. The van der Waals surface area contributed by atoms with Crippen LogP contribution in [0.3, 0.4) is 0 Å². The zero-order valence-corrected chi connectivity index (χ0v) is 20.1. The molecule has 1 saturated heterocycles. The molecule has 2 heterocycles. The topological polar surface area (TPSA) is 71.0 Å². The molecule has 2 aromatic rings. The van der Waals surface area contributed by atoms with E-state index < -0.39 is 17.1 Å². The van der Waals surface area contributed by atoms with Crippen LogP contribution < -0.4 is 14.8 Å². The molecule has 3 fully saturated rings. The number of aliphatic hydroxyl groups is 1. The number of methoxy groups -OCH3 is 1. The summed E-state index contributed by atoms with van der Waals surface area (Å²) in [7, 11) is 1.68. The van der Waals surface area contributed by atoms with Crippen LogP contribution in [-0.2, 0) is 23.2 Å². The number of hydrogen-bond donors (Lipinski definition) is 2. The summed E-state index contributed by atoms with van der Waals surface area (Å²) in [4.78, 5) is 16.5. The number of hydrogen-bond acceptors (Lipinski definition) is 5. The van der Waals surface area contributed by atoms with E-state index in [-0.39, 0.29) is 16.7 Å². The van der Waals surface area contributed by atoms with Gasteiger partial charge in [0.05, 0.1) is 12.5 Å². The van der Waals surface area contributed by atoms with Crippen molar-refractivity contribution in [3.63, 3.8) is 0 Å². The van der Waals surface area contributed by atoms with E-state index in [0.717, 1.165) is 48.6 Å². The highest BCUT2D eigenvalue weighted by Crippen LogP contribution is 2.87. The average molecular weight is 471 g/mol. The van der Waals surface area contributed by atoms with Gasteiger partial charge < -0.3 is 19.9 Å². The number of likely N-dealkylation sites (N-methyl/N-ethyl adjacent to an activating group) is 1. The van der Waals surface area contributed by atoms with Gasteiger partial charge in [0.2, 0.25) is 5.91 Å². The molecule has 2 saturated carbocycles. The smallest absolute Gasteiger partial charge is 0.234 e. The normalized spacial score (nSPS) is 40.5. The summed E-state index contributed by atoms with van der Waals surface area (Å²) in [5, 5.41) is 15.5. The van der Waals surface area contributed by atoms with Gasteiger partial charge in [-0.25, -0.2) is 0 Å². The van der Waals surface area contributed by atoms with Crippen LogP contribution in [0.1, 0.15) is 36.5 Å². The van der Waals surface area contributed by atoms with Gasteiger partial charge in [-0.05, 0) is 55.1 Å². The summed E-state index contributed by atoms with van der Waals surface area (Å²) >= 11 is 0. The zero-order valence-electron chi connectivity index (χ0n) is 20.1. The van der Waals surface area contributed by atoms with Crippen molar-refractivity contribution in [3.8, 4) is 11.5 Å². The van der Waals surface area contributed by atoms with E-state index in [1.54, 1.807) is 7.11 Å². The molecule has 0 aromatic heterocycles. The first kappa shape index (κ1) is 20.4. The van der Waals surface area contributed by atoms with E-state index in [1.807, 2.05) is 36.4 Å². The summed E-state index contributed by atoms with van der Waals surface area (Å²) in [6.07, 6.45) is 4.38. The zero-order chi connectivity index (χ0) is 23.8. The second-order valence-corrected chi connectivity index (χ2v) is 11.3. The molecule has 6 heteroatoms. The molecule has 6 nitrogen and oxygen atoms in total. The van der Waals surface area contributed by atoms with Crippen LogP contribution in [0.25, 0.3) is 0 Å². The number of likely N-dealkylation sites (tertiary alicyclic amines) is 1. The van der Waals surface area contributed by atoms with Gasteiger partial charge in [-0.1, -0.05) is 49.4 Å². The number of carbonyl (C=O) groups excluding carboxylic acids is 1. The molecule has 2 spiro atoms. The van der Waals surface area contributed by atoms with Crippen molar-refractivity contribution < 1.29 is 19.4 Å². The third-order valence-electron chi connectivity index (χ3n) is 10.5. The Morgan fingerprint density at radius 1 is 1.26 bits per heavy atom. The number of nitrogens with one attached hydrogen (secondary N) is 1. The molecular weight excluding hydrogens is 440 g/mol. The first-order chi connectivity index (χ1) is 17.0. The Bertz CT molecular complexity index is 1340. The van der Waals surface area contributed by atoms with E-state index in [4.69, 9.17) is 9.47 Å². The Balaban J connectivity index is 1.28. The van der Waals surface area contributed by atoms with E-state index >= 15 is 0 Å². The summed E-state index contributed by atoms with van der Waals surface area (Å²) in [5.41, 5.74) is 1.77. The fourth-order valence-corrected chi connectivity index (χ4v) is 9.17. The summed E-state index contributed by atoms with van der Waals surface area (Å²) in [6.45, 7) is 4.64. The molecule has 2 aromatic carbocycles. The minimum atomic E-state index is -1.27. The SMILES string of the molecule is CCN1CCC23c4c5ccc(OC)c4O[C@H]2[C@@]2(O)C4=CC3(C[C@]42C(=O)NCc2ccccc2)C1C5. The summed E-state index contributed by atoms with van der Waals surface area (Å²) in [6, 6.07) is 14.5. The Morgan fingerprint density at radius 2 is 2.09 bits per heavy atom. The van der Waals surface area contributed by atoms with Crippen molar-refractivity contribution in [3.05, 3.63) is 70.8 Å². The number of carbonyl (C=O) groups is 1. The number of rotatable bonds is 5. The average Bonchev–Trinajstić information content (AvgIpc) is 3.16. The van der Waals surface area contributed by atoms with Crippen molar-refractivity contribution in [2.45, 2.75) is 55.9 Å². The fraction of sp³-hybridized carbons (Fsp3) is 0.483. The van der Waals surface area contributed by atoms with Crippen LogP contribution in [-0.4, -0.2) is 53.9 Å². The standard InChI is InChI=1S/C29H30N2O4/c1-3-31-12-11-27-22-18-9-10-19(34-2)23(22)35-24(27)29(33)20-14-26(27,21(31)13-18)16-28(20,29)25(32)30-15-17-7-5-4-6-8-17/h4-10,14,21,24,33H,3,11-13,15-16H2,1-2H3,(H,30,32)/t21?,24-,26?,27?,28-,29+/m1/s1. The van der Waals surface area contributed by atoms with Gasteiger partial charge in [-0.15, -0.1) is 0 Å². The Labute approximate surface area is 204 Å². The van der Waals surface area contributed by atoms with Crippen LogP contribution in [0.4, 0.5) is 0 Å². The molecule has 0 radical (unpaired) electrons. The van der Waals surface area contributed by atoms with Crippen molar-refractivity contribution in [1.29, 1.82) is 0 Å². The number of amides is 1. The first-order valence-electron chi connectivity index (χ1n) is 12.9. The Hall–Kier alpha value is -2.83. The van der Waals surface area contributed by atoms with Gasteiger partial charge in [0.1, 0.15) is 17.1 Å². The highest BCUT2D eigenvalue weighted by molar-refractivity contribution is 5.99. The molecule has 2 N–H and O–H groups in total. The predicted molar refractivity (Wildman–Crippen MR) is 129 cm³/mol. The third kappa shape index (κ3) is 1.90. The molecule has 180 valence electrons. The third-order valence-corrected chi connectivity index (χ3v) is 10.5. The number of ether oxygens (including phenoxy) is 2. The minimum Gasteiger partial charge on any atom is -0.493 e. The van der Waals surface area contributed by atoms with Gasteiger partial charge in [0.25, 0.3) is 0 Å². The van der Waals surface area contributed by atoms with Gasteiger partial charge >= 0.3 is 0 Å². The second kappa shape index (κ2) is 6.11. The molecule has 6 bridgehead atoms. The van der Waals surface area contributed by atoms with Gasteiger partial charge in [-0.3, -0.25) is 9.69 Å². The van der Waals surface area contributed by atoms with Crippen LogP contribution >= 0.6 is 0 Å². The summed E-state index contributed by atoms with van der Waals surface area (Å²) < 4.78 is 12.5.